The van der Waals surface area contributed by atoms with Crippen LogP contribution in [0.25, 0.3) is 0 Å². The molecule has 2 aromatic rings. The lowest BCUT2D eigenvalue weighted by Crippen LogP contribution is -2.42. The zero-order chi connectivity index (χ0) is 16.1. The molecule has 0 aromatic carbocycles. The van der Waals surface area contributed by atoms with Crippen LogP contribution in [0.4, 0.5) is 5.82 Å². The van der Waals surface area contributed by atoms with Gasteiger partial charge in [-0.3, -0.25) is 4.79 Å². The summed E-state index contributed by atoms with van der Waals surface area (Å²) in [4.78, 5) is 20.1. The van der Waals surface area contributed by atoms with Crippen LogP contribution < -0.4 is 5.32 Å². The number of thiophene rings is 1. The van der Waals surface area contributed by atoms with Gasteiger partial charge in [0.2, 0.25) is 5.91 Å². The largest absolute Gasteiger partial charge is 0.373 e. The van der Waals surface area contributed by atoms with Gasteiger partial charge >= 0.3 is 0 Å². The molecule has 0 spiro atoms. The van der Waals surface area contributed by atoms with Crippen LogP contribution in [-0.4, -0.2) is 42.5 Å². The minimum Gasteiger partial charge on any atom is -0.373 e. The van der Waals surface area contributed by atoms with E-state index in [0.29, 0.717) is 26.1 Å². The number of hydrogen-bond acceptors (Lipinski definition) is 5. The fraction of sp³-hybridized carbons (Fsp3) is 0.412. The maximum atomic E-state index is 12.4. The maximum absolute atomic E-state index is 12.4. The second-order valence-corrected chi connectivity index (χ2v) is 6.51. The van der Waals surface area contributed by atoms with E-state index in [1.807, 2.05) is 41.6 Å². The highest BCUT2D eigenvalue weighted by Crippen LogP contribution is 2.22. The summed E-state index contributed by atoms with van der Waals surface area (Å²) in [5.41, 5.74) is 0.868. The number of aryl methyl sites for hydroxylation is 1. The molecule has 1 aliphatic heterocycles. The molecule has 1 N–H and O–H groups in total. The summed E-state index contributed by atoms with van der Waals surface area (Å²) in [7, 11) is 1.84. The Bertz CT molecular complexity index is 645. The summed E-state index contributed by atoms with van der Waals surface area (Å²) in [6, 6.07) is 9.92. The number of pyridine rings is 1. The Kier molecular flexibility index (Phi) is 5.25. The average Bonchev–Trinajstić information content (AvgIpc) is 3.13. The molecule has 6 heteroatoms. The van der Waals surface area contributed by atoms with E-state index in [0.717, 1.165) is 17.9 Å². The van der Waals surface area contributed by atoms with E-state index in [1.54, 1.807) is 11.3 Å². The number of nitrogens with zero attached hydrogens (tertiary/aromatic N) is 2. The fourth-order valence-electron chi connectivity index (χ4n) is 2.67. The van der Waals surface area contributed by atoms with E-state index >= 15 is 0 Å². The summed E-state index contributed by atoms with van der Waals surface area (Å²) >= 11 is 1.70. The van der Waals surface area contributed by atoms with Gasteiger partial charge in [0.15, 0.2) is 0 Å². The van der Waals surface area contributed by atoms with Crippen LogP contribution in [0.15, 0.2) is 35.7 Å². The third-order valence-electron chi connectivity index (χ3n) is 3.94. The number of anilines is 1. The fourth-order valence-corrected chi connectivity index (χ4v) is 3.38. The van der Waals surface area contributed by atoms with Crippen molar-refractivity contribution >= 4 is 23.1 Å². The first-order valence-electron chi connectivity index (χ1n) is 7.82. The zero-order valence-electron chi connectivity index (χ0n) is 13.2. The molecular formula is C17H21N3O2S. The molecule has 0 aliphatic carbocycles. The predicted molar refractivity (Wildman–Crippen MR) is 91.7 cm³/mol. The van der Waals surface area contributed by atoms with E-state index < -0.39 is 0 Å². The number of morpholine rings is 1. The Hall–Kier alpha value is -1.92. The SMILES string of the molecule is CNc1cccc([C@@H]2CN(C(=O)CCc3cccs3)CCO2)n1. The monoisotopic (exact) mass is 331 g/mol. The van der Waals surface area contributed by atoms with Crippen molar-refractivity contribution < 1.29 is 9.53 Å². The van der Waals surface area contributed by atoms with Crippen molar-refractivity contribution in [3.63, 3.8) is 0 Å². The molecule has 5 nitrogen and oxygen atoms in total. The molecule has 1 atom stereocenters. The van der Waals surface area contributed by atoms with E-state index in [2.05, 4.69) is 16.4 Å². The number of amides is 1. The van der Waals surface area contributed by atoms with Gasteiger partial charge in [0, 0.05) is 24.9 Å². The van der Waals surface area contributed by atoms with Gasteiger partial charge in [-0.05, 0) is 30.0 Å². The van der Waals surface area contributed by atoms with Crippen molar-refractivity contribution in [2.45, 2.75) is 18.9 Å². The van der Waals surface area contributed by atoms with E-state index in [1.165, 1.54) is 4.88 Å². The molecule has 1 saturated heterocycles. The molecule has 0 radical (unpaired) electrons. The lowest BCUT2D eigenvalue weighted by atomic mass is 10.1. The quantitative estimate of drug-likeness (QED) is 0.915. The smallest absolute Gasteiger partial charge is 0.223 e. The Morgan fingerprint density at radius 2 is 2.35 bits per heavy atom. The number of ether oxygens (including phenoxy) is 1. The highest BCUT2D eigenvalue weighted by Gasteiger charge is 2.26. The molecule has 3 heterocycles. The second kappa shape index (κ2) is 7.57. The standard InChI is InChI=1S/C17H21N3O2S/c1-18-16-6-2-5-14(19-16)15-12-20(9-10-22-15)17(21)8-7-13-4-3-11-23-13/h2-6,11,15H,7-10,12H2,1H3,(H,18,19)/t15-/m0/s1. The first-order valence-corrected chi connectivity index (χ1v) is 8.70. The molecule has 3 rings (SSSR count). The summed E-state index contributed by atoms with van der Waals surface area (Å²) < 4.78 is 5.81. The third kappa shape index (κ3) is 4.09. The third-order valence-corrected chi connectivity index (χ3v) is 4.88. The summed E-state index contributed by atoms with van der Waals surface area (Å²) in [6.07, 6.45) is 1.21. The van der Waals surface area contributed by atoms with Crippen molar-refractivity contribution in [3.8, 4) is 0 Å². The Morgan fingerprint density at radius 1 is 1.43 bits per heavy atom. The highest BCUT2D eigenvalue weighted by molar-refractivity contribution is 7.09. The maximum Gasteiger partial charge on any atom is 0.223 e. The zero-order valence-corrected chi connectivity index (χ0v) is 14.0. The van der Waals surface area contributed by atoms with Crippen LogP contribution in [0.2, 0.25) is 0 Å². The predicted octanol–water partition coefficient (Wildman–Crippen LogP) is 2.72. The molecule has 0 saturated carbocycles. The molecule has 2 aromatic heterocycles. The summed E-state index contributed by atoms with van der Waals surface area (Å²) in [6.45, 7) is 1.79. The molecule has 1 fully saturated rings. The number of hydrogen-bond donors (Lipinski definition) is 1. The van der Waals surface area contributed by atoms with Crippen molar-refractivity contribution in [3.05, 3.63) is 46.3 Å². The Balaban J connectivity index is 1.59. The number of carbonyl (C=O) groups excluding carboxylic acids is 1. The van der Waals surface area contributed by atoms with Crippen LogP contribution in [0.1, 0.15) is 23.1 Å². The van der Waals surface area contributed by atoms with Gasteiger partial charge in [-0.1, -0.05) is 12.1 Å². The molecule has 23 heavy (non-hydrogen) atoms. The van der Waals surface area contributed by atoms with Gasteiger partial charge in [0.1, 0.15) is 11.9 Å². The van der Waals surface area contributed by atoms with Crippen molar-refractivity contribution in [1.29, 1.82) is 0 Å². The minimum absolute atomic E-state index is 0.150. The number of aromatic nitrogens is 1. The highest BCUT2D eigenvalue weighted by atomic mass is 32.1. The van der Waals surface area contributed by atoms with Gasteiger partial charge in [0.05, 0.1) is 18.8 Å². The molecular weight excluding hydrogens is 310 g/mol. The van der Waals surface area contributed by atoms with Crippen LogP contribution in [-0.2, 0) is 16.0 Å². The van der Waals surface area contributed by atoms with Crippen LogP contribution in [0.5, 0.6) is 0 Å². The lowest BCUT2D eigenvalue weighted by molar-refractivity contribution is -0.139. The van der Waals surface area contributed by atoms with Gasteiger partial charge < -0.3 is 15.0 Å². The van der Waals surface area contributed by atoms with E-state index in [4.69, 9.17) is 4.74 Å². The Labute approximate surface area is 140 Å². The van der Waals surface area contributed by atoms with Crippen molar-refractivity contribution in [2.75, 3.05) is 32.1 Å². The minimum atomic E-state index is -0.150. The molecule has 0 unspecified atom stereocenters. The normalized spacial score (nSPS) is 18.0. The second-order valence-electron chi connectivity index (χ2n) is 5.48. The van der Waals surface area contributed by atoms with E-state index in [9.17, 15) is 4.79 Å². The molecule has 1 amide bonds. The van der Waals surface area contributed by atoms with Gasteiger partial charge in [-0.25, -0.2) is 4.98 Å². The molecule has 122 valence electrons. The van der Waals surface area contributed by atoms with Crippen molar-refractivity contribution in [1.82, 2.24) is 9.88 Å². The van der Waals surface area contributed by atoms with Crippen LogP contribution >= 0.6 is 11.3 Å². The number of rotatable bonds is 5. The lowest BCUT2D eigenvalue weighted by Gasteiger charge is -2.32. The van der Waals surface area contributed by atoms with Crippen molar-refractivity contribution in [2.24, 2.45) is 0 Å². The average molecular weight is 331 g/mol. The van der Waals surface area contributed by atoms with Gasteiger partial charge in [-0.15, -0.1) is 11.3 Å². The van der Waals surface area contributed by atoms with Crippen LogP contribution in [0.3, 0.4) is 0 Å². The Morgan fingerprint density at radius 3 is 3.13 bits per heavy atom. The van der Waals surface area contributed by atoms with Gasteiger partial charge in [0.25, 0.3) is 0 Å². The van der Waals surface area contributed by atoms with E-state index in [-0.39, 0.29) is 12.0 Å². The summed E-state index contributed by atoms with van der Waals surface area (Å²) in [5.74, 6) is 1.00. The summed E-state index contributed by atoms with van der Waals surface area (Å²) in [5, 5.41) is 5.08. The molecule has 1 aliphatic rings. The molecule has 0 bridgehead atoms. The first kappa shape index (κ1) is 16.0. The topological polar surface area (TPSA) is 54.5 Å². The number of nitrogens with one attached hydrogen (secondary N) is 1. The first-order chi connectivity index (χ1) is 11.3. The number of carbonyl (C=O) groups is 1. The van der Waals surface area contributed by atoms with Gasteiger partial charge in [-0.2, -0.15) is 0 Å². The van der Waals surface area contributed by atoms with Crippen LogP contribution in [0, 0.1) is 0 Å².